The van der Waals surface area contributed by atoms with Gasteiger partial charge in [0.15, 0.2) is 5.82 Å². The van der Waals surface area contributed by atoms with Gasteiger partial charge < -0.3 is 15.2 Å². The van der Waals surface area contributed by atoms with Crippen LogP contribution in [0, 0.1) is 0 Å². The molecule has 1 saturated heterocycles. The number of imide groups is 1. The predicted octanol–water partition coefficient (Wildman–Crippen LogP) is 3.52. The highest BCUT2D eigenvalue weighted by molar-refractivity contribution is 8.14. The number of hydrogen-bond donors (Lipinski definition) is 2. The van der Waals surface area contributed by atoms with Gasteiger partial charge in [0.2, 0.25) is 23.6 Å². The smallest absolute Gasteiger partial charge is 0.289 e. The number of aromatic nitrogens is 2. The molecule has 1 aromatic heterocycles. The summed E-state index contributed by atoms with van der Waals surface area (Å²) in [5, 5.41) is 9.78. The van der Waals surface area contributed by atoms with Crippen molar-refractivity contribution in [1.29, 1.82) is 0 Å². The first-order valence-corrected chi connectivity index (χ1v) is 12.8. The molecule has 1 aliphatic heterocycles. The summed E-state index contributed by atoms with van der Waals surface area (Å²) in [6.07, 6.45) is 6.15. The maximum atomic E-state index is 12.4. The molecular formula is C24H29N5O5S. The standard InChI is InChI=1S/C24H29N5O5S/c1-16(30)27-24(12-4-2-3-5-13-24)22-26-20(34-28-22)11-10-19(31)25-18-8-6-17(7-9-18)14-29-21(32)15-35-23(29)33/h6-9H,2-5,10-15H2,1H3,(H,25,31)(H,27,30). The monoisotopic (exact) mass is 499 g/mol. The maximum absolute atomic E-state index is 12.4. The van der Waals surface area contributed by atoms with E-state index in [1.807, 2.05) is 0 Å². The zero-order valence-electron chi connectivity index (χ0n) is 19.7. The molecule has 0 atom stereocenters. The van der Waals surface area contributed by atoms with Gasteiger partial charge in [-0.05, 0) is 30.5 Å². The van der Waals surface area contributed by atoms with E-state index in [1.165, 1.54) is 11.8 Å². The van der Waals surface area contributed by atoms with E-state index in [0.717, 1.165) is 55.9 Å². The summed E-state index contributed by atoms with van der Waals surface area (Å²) in [6.45, 7) is 1.72. The van der Waals surface area contributed by atoms with Gasteiger partial charge in [0.1, 0.15) is 5.54 Å². The van der Waals surface area contributed by atoms with E-state index in [9.17, 15) is 19.2 Å². The number of carbonyl (C=O) groups excluding carboxylic acids is 4. The van der Waals surface area contributed by atoms with Crippen LogP contribution in [0.15, 0.2) is 28.8 Å². The second-order valence-electron chi connectivity index (χ2n) is 8.97. The van der Waals surface area contributed by atoms with Crippen LogP contribution in [0.2, 0.25) is 0 Å². The van der Waals surface area contributed by atoms with Gasteiger partial charge in [-0.15, -0.1) is 0 Å². The summed E-state index contributed by atoms with van der Waals surface area (Å²) >= 11 is 1.01. The SMILES string of the molecule is CC(=O)NC1(c2noc(CCC(=O)Nc3ccc(CN4C(=O)CSC4=O)cc3)n2)CCCCCC1. The molecule has 1 aromatic carbocycles. The van der Waals surface area contributed by atoms with Crippen molar-refractivity contribution in [2.24, 2.45) is 0 Å². The molecule has 0 spiro atoms. The summed E-state index contributed by atoms with van der Waals surface area (Å²) < 4.78 is 5.41. The van der Waals surface area contributed by atoms with Crippen LogP contribution in [0.4, 0.5) is 10.5 Å². The Balaban J connectivity index is 1.31. The van der Waals surface area contributed by atoms with Gasteiger partial charge in [0.25, 0.3) is 5.24 Å². The van der Waals surface area contributed by atoms with Crippen molar-refractivity contribution < 1.29 is 23.7 Å². The highest BCUT2D eigenvalue weighted by Gasteiger charge is 2.38. The quantitative estimate of drug-likeness (QED) is 0.527. The Labute approximate surface area is 207 Å². The summed E-state index contributed by atoms with van der Waals surface area (Å²) in [5.41, 5.74) is 0.801. The molecule has 2 fully saturated rings. The molecule has 2 heterocycles. The number of rotatable bonds is 8. The van der Waals surface area contributed by atoms with E-state index in [1.54, 1.807) is 24.3 Å². The molecule has 4 amide bonds. The van der Waals surface area contributed by atoms with Crippen molar-refractivity contribution in [3.05, 3.63) is 41.5 Å². The van der Waals surface area contributed by atoms with E-state index < -0.39 is 5.54 Å². The van der Waals surface area contributed by atoms with Crippen molar-refractivity contribution in [1.82, 2.24) is 20.4 Å². The topological polar surface area (TPSA) is 134 Å². The molecule has 2 N–H and O–H groups in total. The number of carbonyl (C=O) groups is 4. The zero-order chi connectivity index (χ0) is 24.8. The lowest BCUT2D eigenvalue weighted by Crippen LogP contribution is -2.45. The number of hydrogen-bond acceptors (Lipinski definition) is 8. The molecule has 1 saturated carbocycles. The van der Waals surface area contributed by atoms with Crippen LogP contribution >= 0.6 is 11.8 Å². The molecule has 11 heteroatoms. The maximum Gasteiger partial charge on any atom is 0.289 e. The van der Waals surface area contributed by atoms with Crippen LogP contribution in [-0.2, 0) is 32.9 Å². The fourth-order valence-corrected chi connectivity index (χ4v) is 5.20. The second-order valence-corrected chi connectivity index (χ2v) is 9.90. The largest absolute Gasteiger partial charge is 0.343 e. The number of benzene rings is 1. The van der Waals surface area contributed by atoms with E-state index >= 15 is 0 Å². The van der Waals surface area contributed by atoms with Gasteiger partial charge in [-0.1, -0.05) is 54.7 Å². The average Bonchev–Trinajstić information content (AvgIpc) is 3.35. The van der Waals surface area contributed by atoms with Crippen LogP contribution < -0.4 is 10.6 Å². The highest BCUT2D eigenvalue weighted by atomic mass is 32.2. The Hall–Kier alpha value is -3.21. The molecule has 35 heavy (non-hydrogen) atoms. The molecule has 1 aliphatic carbocycles. The number of thioether (sulfide) groups is 1. The highest BCUT2D eigenvalue weighted by Crippen LogP contribution is 2.34. The number of nitrogens with zero attached hydrogens (tertiary/aromatic N) is 3. The number of anilines is 1. The van der Waals surface area contributed by atoms with Gasteiger partial charge >= 0.3 is 0 Å². The minimum absolute atomic E-state index is 0.124. The molecule has 2 aliphatic rings. The lowest BCUT2D eigenvalue weighted by molar-refractivity contribution is -0.125. The van der Waals surface area contributed by atoms with Crippen LogP contribution in [0.1, 0.15) is 69.1 Å². The molecule has 0 bridgehead atoms. The molecule has 2 aromatic rings. The van der Waals surface area contributed by atoms with Gasteiger partial charge in [0, 0.05) is 25.5 Å². The van der Waals surface area contributed by atoms with Gasteiger partial charge in [-0.2, -0.15) is 4.98 Å². The van der Waals surface area contributed by atoms with Crippen molar-refractivity contribution in [2.75, 3.05) is 11.1 Å². The van der Waals surface area contributed by atoms with E-state index in [2.05, 4.69) is 20.8 Å². The van der Waals surface area contributed by atoms with Crippen LogP contribution in [0.25, 0.3) is 0 Å². The third-order valence-corrected chi connectivity index (χ3v) is 7.11. The average molecular weight is 500 g/mol. The first-order valence-electron chi connectivity index (χ1n) is 11.8. The first kappa shape index (κ1) is 24.9. The third kappa shape index (κ3) is 6.27. The fourth-order valence-electron chi connectivity index (χ4n) is 4.48. The lowest BCUT2D eigenvalue weighted by Gasteiger charge is -2.30. The minimum atomic E-state index is -0.614. The summed E-state index contributed by atoms with van der Waals surface area (Å²) in [4.78, 5) is 53.5. The van der Waals surface area contributed by atoms with Crippen molar-refractivity contribution in [3.63, 3.8) is 0 Å². The van der Waals surface area contributed by atoms with Gasteiger partial charge in [-0.25, -0.2) is 0 Å². The van der Waals surface area contributed by atoms with E-state index in [-0.39, 0.29) is 48.1 Å². The number of nitrogens with one attached hydrogen (secondary N) is 2. The van der Waals surface area contributed by atoms with Crippen molar-refractivity contribution >= 4 is 40.4 Å². The van der Waals surface area contributed by atoms with Gasteiger partial charge in [-0.3, -0.25) is 24.1 Å². The Kier molecular flexibility index (Phi) is 7.84. The van der Waals surface area contributed by atoms with Crippen LogP contribution in [-0.4, -0.2) is 43.8 Å². The molecule has 186 valence electrons. The third-order valence-electron chi connectivity index (χ3n) is 6.25. The van der Waals surface area contributed by atoms with Crippen LogP contribution in [0.3, 0.4) is 0 Å². The molecule has 10 nitrogen and oxygen atoms in total. The molecule has 0 radical (unpaired) electrons. The molecular weight excluding hydrogens is 470 g/mol. The predicted molar refractivity (Wildman–Crippen MR) is 129 cm³/mol. The lowest BCUT2D eigenvalue weighted by atomic mass is 9.89. The Bertz CT molecular complexity index is 1080. The summed E-state index contributed by atoms with van der Waals surface area (Å²) in [7, 11) is 0. The first-order chi connectivity index (χ1) is 16.8. The van der Waals surface area contributed by atoms with E-state index in [0.29, 0.717) is 17.4 Å². The molecule has 0 unspecified atom stereocenters. The minimum Gasteiger partial charge on any atom is -0.343 e. The fraction of sp³-hybridized carbons (Fsp3) is 0.500. The van der Waals surface area contributed by atoms with E-state index in [4.69, 9.17) is 4.52 Å². The zero-order valence-corrected chi connectivity index (χ0v) is 20.5. The Morgan fingerprint density at radius 2 is 1.83 bits per heavy atom. The number of amides is 4. The van der Waals surface area contributed by atoms with Crippen molar-refractivity contribution in [2.45, 2.75) is 70.4 Å². The number of aryl methyl sites for hydroxylation is 1. The Morgan fingerprint density at radius 3 is 2.46 bits per heavy atom. The molecule has 4 rings (SSSR count). The van der Waals surface area contributed by atoms with Crippen LogP contribution in [0.5, 0.6) is 0 Å². The van der Waals surface area contributed by atoms with Gasteiger partial charge in [0.05, 0.1) is 12.3 Å². The normalized spacial score (nSPS) is 17.8. The Morgan fingerprint density at radius 1 is 1.11 bits per heavy atom. The van der Waals surface area contributed by atoms with Crippen molar-refractivity contribution in [3.8, 4) is 0 Å². The second kappa shape index (κ2) is 11.0. The summed E-state index contributed by atoms with van der Waals surface area (Å²) in [6, 6.07) is 7.02. The summed E-state index contributed by atoms with van der Waals surface area (Å²) in [5.74, 6) is 0.504.